The second-order valence-electron chi connectivity index (χ2n) is 4.53. The number of nitrogens with one attached hydrogen (secondary N) is 1. The van der Waals surface area contributed by atoms with E-state index in [0.717, 1.165) is 12.2 Å². The second-order valence-corrected chi connectivity index (χ2v) is 5.25. The number of esters is 1. The van der Waals surface area contributed by atoms with Gasteiger partial charge in [-0.1, -0.05) is 28.4 Å². The lowest BCUT2D eigenvalue weighted by Crippen LogP contribution is -2.09. The molecule has 11 heteroatoms. The van der Waals surface area contributed by atoms with Crippen molar-refractivity contribution in [2.24, 2.45) is 0 Å². The van der Waals surface area contributed by atoms with Gasteiger partial charge >= 0.3 is 5.97 Å². The van der Waals surface area contributed by atoms with Gasteiger partial charge in [-0.2, -0.15) is 0 Å². The molecule has 0 radical (unpaired) electrons. The van der Waals surface area contributed by atoms with E-state index >= 15 is 0 Å². The molecule has 0 atom stereocenters. The van der Waals surface area contributed by atoms with E-state index in [0.29, 0.717) is 5.69 Å². The Kier molecular flexibility index (Phi) is 6.05. The summed E-state index contributed by atoms with van der Waals surface area (Å²) in [6.45, 7) is 3.29. The molecule has 8 nitrogen and oxygen atoms in total. The van der Waals surface area contributed by atoms with Crippen LogP contribution in [0.3, 0.4) is 0 Å². The first-order valence-corrected chi connectivity index (χ1v) is 7.60. The van der Waals surface area contributed by atoms with E-state index in [-0.39, 0.29) is 28.8 Å². The van der Waals surface area contributed by atoms with Crippen LogP contribution in [0.15, 0.2) is 16.8 Å². The minimum absolute atomic E-state index is 0.0562. The van der Waals surface area contributed by atoms with Crippen molar-refractivity contribution in [3.8, 4) is 0 Å². The first kappa shape index (κ1) is 18.8. The number of allylic oxidation sites excluding steroid dienone is 1. The van der Waals surface area contributed by atoms with E-state index in [1.54, 1.807) is 13.8 Å². The second kappa shape index (κ2) is 8.04. The maximum atomic E-state index is 14.4. The zero-order chi connectivity index (χ0) is 18.6. The summed E-state index contributed by atoms with van der Waals surface area (Å²) in [6, 6.07) is 0. The zero-order valence-corrected chi connectivity index (χ0v) is 14.5. The summed E-state index contributed by atoms with van der Waals surface area (Å²) in [5, 5.41) is 8.70. The number of anilines is 2. The fourth-order valence-corrected chi connectivity index (χ4v) is 2.22. The minimum Gasteiger partial charge on any atom is -0.463 e. The molecule has 0 saturated carbocycles. The molecule has 0 aromatic carbocycles. The van der Waals surface area contributed by atoms with Gasteiger partial charge in [-0.15, -0.1) is 0 Å². The zero-order valence-electron chi connectivity index (χ0n) is 13.0. The maximum Gasteiger partial charge on any atom is 0.330 e. The highest BCUT2D eigenvalue weighted by molar-refractivity contribution is 6.36. The number of halogens is 3. The van der Waals surface area contributed by atoms with E-state index < -0.39 is 22.7 Å². The van der Waals surface area contributed by atoms with E-state index in [9.17, 15) is 14.0 Å². The molecule has 0 bridgehead atoms. The molecular weight excluding hydrogens is 378 g/mol. The lowest BCUT2D eigenvalue weighted by atomic mass is 10.1. The van der Waals surface area contributed by atoms with Crippen LogP contribution in [-0.4, -0.2) is 33.7 Å². The highest BCUT2D eigenvalue weighted by Gasteiger charge is 2.24. The molecule has 2 aromatic heterocycles. The molecule has 2 aromatic rings. The summed E-state index contributed by atoms with van der Waals surface area (Å²) in [5.41, 5.74) is -0.405. The van der Waals surface area contributed by atoms with Crippen LogP contribution in [0, 0.1) is 12.7 Å². The van der Waals surface area contributed by atoms with Gasteiger partial charge in [0.2, 0.25) is 0 Å². The van der Waals surface area contributed by atoms with E-state index in [2.05, 4.69) is 30.0 Å². The summed E-state index contributed by atoms with van der Waals surface area (Å²) >= 11 is 11.6. The number of aromatic nitrogens is 3. The Labute approximate surface area is 150 Å². The number of carbonyl (C=O) groups is 2. The third kappa shape index (κ3) is 4.31. The predicted molar refractivity (Wildman–Crippen MR) is 86.6 cm³/mol. The maximum absolute atomic E-state index is 14.4. The highest BCUT2D eigenvalue weighted by Crippen LogP contribution is 2.33. The van der Waals surface area contributed by atoms with Gasteiger partial charge < -0.3 is 10.1 Å². The average Bonchev–Trinajstić information content (AvgIpc) is 2.95. The molecule has 0 amide bonds. The summed E-state index contributed by atoms with van der Waals surface area (Å²) in [7, 11) is 0. The number of ether oxygens (including phenoxy) is 1. The molecule has 2 rings (SSSR count). The van der Waals surface area contributed by atoms with Crippen molar-refractivity contribution in [3.05, 3.63) is 39.5 Å². The first-order valence-electron chi connectivity index (χ1n) is 6.85. The van der Waals surface area contributed by atoms with E-state index in [1.807, 2.05) is 0 Å². The van der Waals surface area contributed by atoms with Gasteiger partial charge in [0.1, 0.15) is 10.8 Å². The van der Waals surface area contributed by atoms with Crippen molar-refractivity contribution >= 4 is 46.5 Å². The smallest absolute Gasteiger partial charge is 0.330 e. The topological polar surface area (TPSA) is 107 Å². The van der Waals surface area contributed by atoms with Crippen LogP contribution in [0.4, 0.5) is 15.9 Å². The van der Waals surface area contributed by atoms with E-state index in [4.69, 9.17) is 23.2 Å². The third-order valence-electron chi connectivity index (χ3n) is 2.85. The lowest BCUT2D eigenvalue weighted by molar-refractivity contribution is -0.137. The van der Waals surface area contributed by atoms with Crippen LogP contribution >= 0.6 is 23.2 Å². The first-order chi connectivity index (χ1) is 11.8. The number of ketones is 1. The van der Waals surface area contributed by atoms with Crippen molar-refractivity contribution in [2.75, 3.05) is 11.9 Å². The average molecular weight is 389 g/mol. The summed E-state index contributed by atoms with van der Waals surface area (Å²) < 4.78 is 23.5. The fraction of sp³-hybridized carbons (Fsp3) is 0.214. The molecule has 0 unspecified atom stereocenters. The summed E-state index contributed by atoms with van der Waals surface area (Å²) in [6.07, 6.45) is 1.77. The predicted octanol–water partition coefficient (Wildman–Crippen LogP) is 3.26. The molecule has 0 spiro atoms. The van der Waals surface area contributed by atoms with Crippen molar-refractivity contribution < 1.29 is 23.3 Å². The van der Waals surface area contributed by atoms with Crippen LogP contribution in [0.1, 0.15) is 23.0 Å². The van der Waals surface area contributed by atoms with Gasteiger partial charge in [-0.05, 0) is 25.1 Å². The van der Waals surface area contributed by atoms with Crippen LogP contribution in [0.2, 0.25) is 10.3 Å². The molecule has 2 heterocycles. The number of rotatable bonds is 6. The quantitative estimate of drug-likeness (QED) is 0.347. The molecule has 25 heavy (non-hydrogen) atoms. The standard InChI is InChI=1S/C14H11Cl2FN4O4/c1-3-24-8(23)5-4-7(22)9-11(10(17)13(16)19-12(9)15)18-14-6(2)20-25-21-14/h4-5H,3H2,1-2H3,(H,18,19,21)/b5-4+. The molecule has 132 valence electrons. The van der Waals surface area contributed by atoms with Crippen LogP contribution in [0.5, 0.6) is 0 Å². The lowest BCUT2D eigenvalue weighted by Gasteiger charge is -2.11. The Morgan fingerprint density at radius 1 is 1.28 bits per heavy atom. The van der Waals surface area contributed by atoms with Gasteiger partial charge in [-0.25, -0.2) is 18.8 Å². The Morgan fingerprint density at radius 2 is 2.00 bits per heavy atom. The SMILES string of the molecule is CCOC(=O)/C=C/C(=O)c1c(Cl)nc(Cl)c(F)c1Nc1nonc1C. The molecule has 0 aliphatic heterocycles. The van der Waals surface area contributed by atoms with Crippen molar-refractivity contribution in [2.45, 2.75) is 13.8 Å². The fourth-order valence-electron chi connectivity index (χ4n) is 1.73. The normalized spacial score (nSPS) is 10.9. The Hall–Kier alpha value is -2.52. The van der Waals surface area contributed by atoms with Gasteiger partial charge in [-0.3, -0.25) is 4.79 Å². The van der Waals surface area contributed by atoms with Crippen LogP contribution in [0.25, 0.3) is 0 Å². The van der Waals surface area contributed by atoms with Gasteiger partial charge in [0.05, 0.1) is 17.9 Å². The Balaban J connectivity index is 2.46. The van der Waals surface area contributed by atoms with Gasteiger partial charge in [0.15, 0.2) is 22.6 Å². The number of pyridine rings is 1. The van der Waals surface area contributed by atoms with Crippen molar-refractivity contribution in [1.82, 2.24) is 15.3 Å². The highest BCUT2D eigenvalue weighted by atomic mass is 35.5. The minimum atomic E-state index is -1.03. The Morgan fingerprint density at radius 3 is 2.60 bits per heavy atom. The number of nitrogens with zero attached hydrogens (tertiary/aromatic N) is 3. The monoisotopic (exact) mass is 388 g/mol. The number of hydrogen-bond donors (Lipinski definition) is 1. The molecule has 0 saturated heterocycles. The number of aryl methyl sites for hydroxylation is 1. The third-order valence-corrected chi connectivity index (χ3v) is 3.38. The Bertz CT molecular complexity index is 854. The van der Waals surface area contributed by atoms with Crippen molar-refractivity contribution in [1.29, 1.82) is 0 Å². The van der Waals surface area contributed by atoms with Crippen LogP contribution in [-0.2, 0) is 9.53 Å². The summed E-state index contributed by atoms with van der Waals surface area (Å²) in [4.78, 5) is 27.2. The van der Waals surface area contributed by atoms with E-state index in [1.165, 1.54) is 0 Å². The summed E-state index contributed by atoms with van der Waals surface area (Å²) in [5.74, 6) is -2.50. The number of hydrogen-bond acceptors (Lipinski definition) is 8. The van der Waals surface area contributed by atoms with Crippen molar-refractivity contribution in [3.63, 3.8) is 0 Å². The largest absolute Gasteiger partial charge is 0.463 e. The van der Waals surface area contributed by atoms with Gasteiger partial charge in [0.25, 0.3) is 0 Å². The molecule has 0 fully saturated rings. The number of carbonyl (C=O) groups excluding carboxylic acids is 2. The molecular formula is C14H11Cl2FN4O4. The molecule has 1 N–H and O–H groups in total. The molecule has 0 aliphatic rings. The van der Waals surface area contributed by atoms with Gasteiger partial charge in [0, 0.05) is 6.08 Å². The van der Waals surface area contributed by atoms with Crippen LogP contribution < -0.4 is 5.32 Å². The molecule has 0 aliphatic carbocycles.